The average Bonchev–Trinajstić information content (AvgIpc) is 2.81. The number of halogens is 2. The fraction of sp³-hybridized carbons (Fsp3) is 0.417. The number of nitrogens with one attached hydrogen (secondary N) is 1. The van der Waals surface area contributed by atoms with Gasteiger partial charge in [0, 0.05) is 24.1 Å². The molecule has 0 amide bonds. The van der Waals surface area contributed by atoms with Gasteiger partial charge in [-0.15, -0.1) is 0 Å². The van der Waals surface area contributed by atoms with Gasteiger partial charge in [0.15, 0.2) is 0 Å². The van der Waals surface area contributed by atoms with Crippen molar-refractivity contribution in [2.45, 2.75) is 18.6 Å². The first kappa shape index (κ1) is 13.5. The number of hydrogen-bond acceptors (Lipinski definition) is 4. The van der Waals surface area contributed by atoms with Crippen LogP contribution in [0, 0.1) is 0 Å². The lowest BCUT2D eigenvalue weighted by Gasteiger charge is -2.14. The monoisotopic (exact) mass is 289 g/mol. The van der Waals surface area contributed by atoms with E-state index in [0.29, 0.717) is 28.8 Å². The van der Waals surface area contributed by atoms with Crippen LogP contribution in [0.3, 0.4) is 0 Å². The Morgan fingerprint density at radius 2 is 2.22 bits per heavy atom. The standard InChI is InChI=1S/C12H13Cl2NO3/c1-17-12(16)10-5-8(6-15-10)18-11-4-7(13)2-3-9(11)14/h2-4,8,10,15H,5-6H2,1H3/t8?,10-/m0/s1. The van der Waals surface area contributed by atoms with Crippen molar-refractivity contribution in [2.75, 3.05) is 13.7 Å². The van der Waals surface area contributed by atoms with Crippen LogP contribution in [0.1, 0.15) is 6.42 Å². The van der Waals surface area contributed by atoms with Crippen molar-refractivity contribution in [3.63, 3.8) is 0 Å². The van der Waals surface area contributed by atoms with Gasteiger partial charge in [0.1, 0.15) is 17.9 Å². The number of rotatable bonds is 3. The third-order valence-electron chi connectivity index (χ3n) is 2.76. The van der Waals surface area contributed by atoms with Crippen LogP contribution in [0.5, 0.6) is 5.75 Å². The minimum atomic E-state index is -0.321. The van der Waals surface area contributed by atoms with Gasteiger partial charge < -0.3 is 14.8 Å². The molecule has 1 N–H and O–H groups in total. The first-order chi connectivity index (χ1) is 8.60. The maximum atomic E-state index is 11.3. The van der Waals surface area contributed by atoms with E-state index >= 15 is 0 Å². The summed E-state index contributed by atoms with van der Waals surface area (Å²) in [6.07, 6.45) is 0.431. The van der Waals surface area contributed by atoms with Gasteiger partial charge in [0.2, 0.25) is 0 Å². The number of carbonyl (C=O) groups excluding carboxylic acids is 1. The van der Waals surface area contributed by atoms with E-state index < -0.39 is 0 Å². The molecule has 98 valence electrons. The van der Waals surface area contributed by atoms with Crippen LogP contribution in [-0.2, 0) is 9.53 Å². The Balaban J connectivity index is 1.99. The van der Waals surface area contributed by atoms with Crippen molar-refractivity contribution in [3.05, 3.63) is 28.2 Å². The van der Waals surface area contributed by atoms with Crippen molar-refractivity contribution in [3.8, 4) is 5.75 Å². The third-order valence-corrected chi connectivity index (χ3v) is 3.31. The van der Waals surface area contributed by atoms with E-state index in [0.717, 1.165) is 0 Å². The molecule has 0 aliphatic carbocycles. The topological polar surface area (TPSA) is 47.6 Å². The van der Waals surface area contributed by atoms with Gasteiger partial charge in [-0.3, -0.25) is 4.79 Å². The van der Waals surface area contributed by atoms with Crippen LogP contribution in [-0.4, -0.2) is 31.8 Å². The number of benzene rings is 1. The predicted octanol–water partition coefficient (Wildman–Crippen LogP) is 2.28. The SMILES string of the molecule is COC(=O)[C@@H]1CC(Oc2cc(Cl)ccc2Cl)CN1. The molecule has 0 aromatic heterocycles. The largest absolute Gasteiger partial charge is 0.487 e. The minimum absolute atomic E-state index is 0.120. The summed E-state index contributed by atoms with van der Waals surface area (Å²) in [5.74, 6) is 0.250. The molecule has 1 aromatic rings. The number of methoxy groups -OCH3 is 1. The zero-order chi connectivity index (χ0) is 13.1. The molecule has 2 atom stereocenters. The molecule has 1 aliphatic rings. The van der Waals surface area contributed by atoms with Crippen LogP contribution >= 0.6 is 23.2 Å². The highest BCUT2D eigenvalue weighted by molar-refractivity contribution is 6.34. The molecule has 1 unspecified atom stereocenters. The summed E-state index contributed by atoms with van der Waals surface area (Å²) in [7, 11) is 1.37. The van der Waals surface area contributed by atoms with Crippen LogP contribution in [0.15, 0.2) is 18.2 Å². The summed E-state index contributed by atoms with van der Waals surface area (Å²) in [4.78, 5) is 11.3. The Hall–Kier alpha value is -0.970. The zero-order valence-electron chi connectivity index (χ0n) is 9.78. The minimum Gasteiger partial charge on any atom is -0.487 e. The fourth-order valence-electron chi connectivity index (χ4n) is 1.86. The normalized spacial score (nSPS) is 22.8. The predicted molar refractivity (Wildman–Crippen MR) is 69.3 cm³/mol. The lowest BCUT2D eigenvalue weighted by Crippen LogP contribution is -2.31. The molecular formula is C12H13Cl2NO3. The molecule has 1 aromatic carbocycles. The Labute approximate surface area is 115 Å². The summed E-state index contributed by atoms with van der Waals surface area (Å²) in [6, 6.07) is 4.72. The molecule has 1 heterocycles. The summed E-state index contributed by atoms with van der Waals surface area (Å²) in [6.45, 7) is 0.572. The third kappa shape index (κ3) is 3.07. The second-order valence-corrected chi connectivity index (χ2v) is 4.88. The second-order valence-electron chi connectivity index (χ2n) is 4.03. The molecule has 6 heteroatoms. The molecule has 1 saturated heterocycles. The van der Waals surface area contributed by atoms with Crippen molar-refractivity contribution in [1.29, 1.82) is 0 Å². The van der Waals surface area contributed by atoms with Gasteiger partial charge in [0.25, 0.3) is 0 Å². The highest BCUT2D eigenvalue weighted by Gasteiger charge is 2.31. The molecule has 1 aliphatic heterocycles. The van der Waals surface area contributed by atoms with Crippen LogP contribution in [0.4, 0.5) is 0 Å². The fourth-order valence-corrected chi connectivity index (χ4v) is 2.19. The van der Waals surface area contributed by atoms with E-state index in [1.165, 1.54) is 7.11 Å². The average molecular weight is 290 g/mol. The molecule has 0 radical (unpaired) electrons. The van der Waals surface area contributed by atoms with Gasteiger partial charge in [-0.1, -0.05) is 23.2 Å². The molecule has 2 rings (SSSR count). The number of carbonyl (C=O) groups is 1. The van der Waals surface area contributed by atoms with Gasteiger partial charge in [0.05, 0.1) is 12.1 Å². The van der Waals surface area contributed by atoms with Gasteiger partial charge in [-0.2, -0.15) is 0 Å². The lowest BCUT2D eigenvalue weighted by atomic mass is 10.2. The number of esters is 1. The maximum absolute atomic E-state index is 11.3. The lowest BCUT2D eigenvalue weighted by molar-refractivity contribution is -0.142. The molecule has 0 saturated carbocycles. The van der Waals surface area contributed by atoms with Crippen LogP contribution in [0.2, 0.25) is 10.0 Å². The number of ether oxygens (including phenoxy) is 2. The van der Waals surface area contributed by atoms with E-state index in [4.69, 9.17) is 27.9 Å². The highest BCUT2D eigenvalue weighted by Crippen LogP contribution is 2.29. The first-order valence-corrected chi connectivity index (χ1v) is 6.28. The van der Waals surface area contributed by atoms with E-state index in [-0.39, 0.29) is 18.1 Å². The zero-order valence-corrected chi connectivity index (χ0v) is 11.3. The van der Waals surface area contributed by atoms with Crippen molar-refractivity contribution < 1.29 is 14.3 Å². The Kier molecular flexibility index (Phi) is 4.32. The summed E-state index contributed by atoms with van der Waals surface area (Å²) in [5, 5.41) is 4.10. The van der Waals surface area contributed by atoms with Crippen molar-refractivity contribution in [1.82, 2.24) is 5.32 Å². The van der Waals surface area contributed by atoms with E-state index in [9.17, 15) is 4.79 Å². The maximum Gasteiger partial charge on any atom is 0.323 e. The second kappa shape index (κ2) is 5.78. The Morgan fingerprint density at radius 1 is 1.44 bits per heavy atom. The Morgan fingerprint density at radius 3 is 2.94 bits per heavy atom. The summed E-state index contributed by atoms with van der Waals surface area (Å²) >= 11 is 11.9. The molecular weight excluding hydrogens is 277 g/mol. The van der Waals surface area contributed by atoms with E-state index in [2.05, 4.69) is 10.1 Å². The molecule has 0 bridgehead atoms. The molecule has 4 nitrogen and oxygen atoms in total. The van der Waals surface area contributed by atoms with Gasteiger partial charge in [-0.25, -0.2) is 0 Å². The summed E-state index contributed by atoms with van der Waals surface area (Å²) in [5.41, 5.74) is 0. The smallest absolute Gasteiger partial charge is 0.323 e. The van der Waals surface area contributed by atoms with E-state index in [1.54, 1.807) is 18.2 Å². The number of hydrogen-bond donors (Lipinski definition) is 1. The Bertz CT molecular complexity index is 453. The van der Waals surface area contributed by atoms with Crippen molar-refractivity contribution >= 4 is 29.2 Å². The highest BCUT2D eigenvalue weighted by atomic mass is 35.5. The van der Waals surface area contributed by atoms with Crippen LogP contribution < -0.4 is 10.1 Å². The molecule has 18 heavy (non-hydrogen) atoms. The molecule has 0 spiro atoms. The van der Waals surface area contributed by atoms with Gasteiger partial charge in [-0.05, 0) is 12.1 Å². The summed E-state index contributed by atoms with van der Waals surface area (Å²) < 4.78 is 10.4. The van der Waals surface area contributed by atoms with E-state index in [1.807, 2.05) is 0 Å². The quantitative estimate of drug-likeness (QED) is 0.868. The molecule has 1 fully saturated rings. The van der Waals surface area contributed by atoms with Crippen molar-refractivity contribution in [2.24, 2.45) is 0 Å². The first-order valence-electron chi connectivity index (χ1n) is 5.53. The van der Waals surface area contributed by atoms with Gasteiger partial charge >= 0.3 is 5.97 Å². The van der Waals surface area contributed by atoms with Crippen LogP contribution in [0.25, 0.3) is 0 Å².